The lowest BCUT2D eigenvalue weighted by atomic mass is 9.99. The summed E-state index contributed by atoms with van der Waals surface area (Å²) in [6, 6.07) is 15.5. The number of nitrogens with one attached hydrogen (secondary N) is 1. The number of nitrogens with zero attached hydrogens (tertiary/aromatic N) is 5. The first-order chi connectivity index (χ1) is 17.9. The number of hydrogen-bond donors (Lipinski definition) is 3. The summed E-state index contributed by atoms with van der Waals surface area (Å²) in [5, 5.41) is 19.7. The van der Waals surface area contributed by atoms with Crippen LogP contribution in [0.1, 0.15) is 47.1 Å². The maximum atomic E-state index is 12.2. The van der Waals surface area contributed by atoms with Crippen molar-refractivity contribution in [3.8, 4) is 11.5 Å². The van der Waals surface area contributed by atoms with Crippen LogP contribution >= 0.6 is 0 Å². The van der Waals surface area contributed by atoms with Crippen molar-refractivity contribution in [3.63, 3.8) is 0 Å². The quantitative estimate of drug-likeness (QED) is 0.359. The van der Waals surface area contributed by atoms with Gasteiger partial charge in [-0.2, -0.15) is 4.98 Å². The predicted octanol–water partition coefficient (Wildman–Crippen LogP) is 3.83. The Balaban J connectivity index is 0.000000301. The molecule has 0 bridgehead atoms. The fraction of sp³-hybridized carbons (Fsp3) is 0.296. The number of fused-ring (bicyclic) bond motifs is 1. The van der Waals surface area contributed by atoms with Crippen LogP contribution in [0.3, 0.4) is 0 Å². The van der Waals surface area contributed by atoms with Crippen molar-refractivity contribution in [2.45, 2.75) is 32.6 Å². The van der Waals surface area contributed by atoms with E-state index in [-0.39, 0.29) is 24.2 Å². The number of hydrogen-bond acceptors (Lipinski definition) is 9. The Morgan fingerprint density at radius 3 is 2.59 bits per heavy atom. The molecule has 0 aliphatic carbocycles. The molecule has 0 radical (unpaired) electrons. The van der Waals surface area contributed by atoms with E-state index in [1.165, 1.54) is 5.56 Å². The molecule has 192 valence electrons. The van der Waals surface area contributed by atoms with Crippen molar-refractivity contribution in [1.29, 1.82) is 0 Å². The van der Waals surface area contributed by atoms with Crippen LogP contribution in [0.5, 0.6) is 0 Å². The first-order valence-corrected chi connectivity index (χ1v) is 12.1. The van der Waals surface area contributed by atoms with E-state index in [1.807, 2.05) is 69.4 Å². The number of likely N-dealkylation sites (N-methyl/N-ethyl adjacent to an activating group) is 1. The second kappa shape index (κ2) is 11.6. The number of rotatable bonds is 6. The molecule has 4 N–H and O–H groups in total. The molecule has 1 aliphatic heterocycles. The molecule has 0 saturated heterocycles. The summed E-state index contributed by atoms with van der Waals surface area (Å²) in [6.45, 7) is 4.88. The Kier molecular flexibility index (Phi) is 8.09. The smallest absolute Gasteiger partial charge is 0.253 e. The fourth-order valence-corrected chi connectivity index (χ4v) is 3.78. The van der Waals surface area contributed by atoms with Crippen LogP contribution in [0.15, 0.2) is 59.1 Å². The average molecular weight is 502 g/mol. The molecule has 37 heavy (non-hydrogen) atoms. The summed E-state index contributed by atoms with van der Waals surface area (Å²) in [6.07, 6.45) is 3.13. The highest BCUT2D eigenvalue weighted by molar-refractivity contribution is 5.97. The van der Waals surface area contributed by atoms with Crippen LogP contribution in [0.2, 0.25) is 0 Å². The van der Waals surface area contributed by atoms with Crippen molar-refractivity contribution in [2.75, 3.05) is 31.2 Å². The van der Waals surface area contributed by atoms with Gasteiger partial charge in [0.1, 0.15) is 5.82 Å². The van der Waals surface area contributed by atoms with Crippen LogP contribution in [-0.4, -0.2) is 56.3 Å². The highest BCUT2D eigenvalue weighted by atomic mass is 16.4. The predicted molar refractivity (Wildman–Crippen MR) is 141 cm³/mol. The molecule has 4 aromatic rings. The van der Waals surface area contributed by atoms with Gasteiger partial charge in [-0.05, 0) is 42.2 Å². The van der Waals surface area contributed by atoms with Crippen molar-refractivity contribution in [1.82, 2.24) is 25.1 Å². The number of carbonyl (C=O) groups is 1. The van der Waals surface area contributed by atoms with Gasteiger partial charge in [-0.15, -0.1) is 10.2 Å². The highest BCUT2D eigenvalue weighted by Gasteiger charge is 2.21. The molecule has 10 nitrogen and oxygen atoms in total. The molecule has 0 saturated carbocycles. The van der Waals surface area contributed by atoms with Crippen LogP contribution in [0.4, 0.5) is 17.5 Å². The van der Waals surface area contributed by atoms with E-state index in [1.54, 1.807) is 11.1 Å². The first kappa shape index (κ1) is 25.8. The number of anilines is 3. The Labute approximate surface area is 215 Å². The topological polar surface area (TPSA) is 143 Å². The molecule has 3 heterocycles. The molecule has 1 amide bonds. The Bertz CT molecular complexity index is 1360. The number of aliphatic hydroxyl groups excluding tert-OH is 1. The van der Waals surface area contributed by atoms with Gasteiger partial charge in [0.25, 0.3) is 11.8 Å². The number of carbonyl (C=O) groups excluding carboxylic acids is 1. The highest BCUT2D eigenvalue weighted by Crippen LogP contribution is 2.27. The number of aromatic nitrogens is 4. The fourth-order valence-electron chi connectivity index (χ4n) is 3.78. The van der Waals surface area contributed by atoms with E-state index in [0.29, 0.717) is 29.8 Å². The van der Waals surface area contributed by atoms with Crippen LogP contribution in [0, 0.1) is 0 Å². The van der Waals surface area contributed by atoms with Crippen molar-refractivity contribution in [3.05, 3.63) is 77.3 Å². The lowest BCUT2D eigenvalue weighted by Crippen LogP contribution is -2.34. The Hall–Kier alpha value is -4.31. The third kappa shape index (κ3) is 6.28. The summed E-state index contributed by atoms with van der Waals surface area (Å²) in [5.41, 5.74) is 10.3. The zero-order valence-corrected chi connectivity index (χ0v) is 21.2. The van der Waals surface area contributed by atoms with E-state index in [9.17, 15) is 4.79 Å². The Morgan fingerprint density at radius 2 is 1.92 bits per heavy atom. The average Bonchev–Trinajstić information content (AvgIpc) is 3.38. The molecule has 0 atom stereocenters. The van der Waals surface area contributed by atoms with Gasteiger partial charge >= 0.3 is 0 Å². The second-order valence-electron chi connectivity index (χ2n) is 9.03. The minimum atomic E-state index is 0.0398. The molecule has 10 heteroatoms. The van der Waals surface area contributed by atoms with Gasteiger partial charge in [-0.1, -0.05) is 44.2 Å². The molecule has 0 spiro atoms. The molecule has 2 aromatic heterocycles. The normalized spacial score (nSPS) is 12.7. The SMILES string of the molecule is CC(C)c1nnc(-c2cnc(Nc3ccc4c(c3)CCN(C)C4=O)nc2N)o1.OCCc1ccccc1. The molecule has 1 aliphatic rings. The maximum absolute atomic E-state index is 12.2. The zero-order chi connectivity index (χ0) is 26.4. The van der Waals surface area contributed by atoms with Crippen molar-refractivity contribution < 1.29 is 14.3 Å². The molecular formula is C27H31N7O3. The largest absolute Gasteiger partial charge is 0.420 e. The minimum Gasteiger partial charge on any atom is -0.420 e. The summed E-state index contributed by atoms with van der Waals surface area (Å²) in [7, 11) is 1.81. The number of nitrogens with two attached hydrogens (primary N) is 1. The molecule has 5 rings (SSSR count). The van der Waals surface area contributed by atoms with Gasteiger partial charge in [0.2, 0.25) is 11.8 Å². The maximum Gasteiger partial charge on any atom is 0.253 e. The summed E-state index contributed by atoms with van der Waals surface area (Å²) in [5.74, 6) is 1.59. The molecule has 2 aromatic carbocycles. The summed E-state index contributed by atoms with van der Waals surface area (Å²) in [4.78, 5) is 22.5. The van der Waals surface area contributed by atoms with Gasteiger partial charge < -0.3 is 25.5 Å². The van der Waals surface area contributed by atoms with Crippen LogP contribution < -0.4 is 11.1 Å². The van der Waals surface area contributed by atoms with Gasteiger partial charge in [-0.3, -0.25) is 4.79 Å². The van der Waals surface area contributed by atoms with Crippen LogP contribution in [0.25, 0.3) is 11.5 Å². The van der Waals surface area contributed by atoms with Crippen molar-refractivity contribution >= 4 is 23.4 Å². The van der Waals surface area contributed by atoms with E-state index >= 15 is 0 Å². The monoisotopic (exact) mass is 501 g/mol. The van der Waals surface area contributed by atoms with Gasteiger partial charge in [0, 0.05) is 43.6 Å². The minimum absolute atomic E-state index is 0.0398. The number of amides is 1. The zero-order valence-electron chi connectivity index (χ0n) is 21.2. The van der Waals surface area contributed by atoms with Gasteiger partial charge in [0.05, 0.1) is 5.56 Å². The lowest BCUT2D eigenvalue weighted by molar-refractivity contribution is 0.0781. The summed E-state index contributed by atoms with van der Waals surface area (Å²) >= 11 is 0. The van der Waals surface area contributed by atoms with Crippen molar-refractivity contribution in [2.24, 2.45) is 0 Å². The number of benzene rings is 2. The van der Waals surface area contributed by atoms with Crippen LogP contribution in [-0.2, 0) is 12.8 Å². The second-order valence-corrected chi connectivity index (χ2v) is 9.03. The Morgan fingerprint density at radius 1 is 1.14 bits per heavy atom. The third-order valence-corrected chi connectivity index (χ3v) is 5.88. The van der Waals surface area contributed by atoms with E-state index in [0.717, 1.165) is 29.7 Å². The van der Waals surface area contributed by atoms with Gasteiger partial charge in [0.15, 0.2) is 0 Å². The standard InChI is InChI=1S/C19H21N7O2.C8H10O/c1-10(2)16-24-25-17(28-16)14-9-21-19(23-15(14)20)22-12-4-5-13-11(8-12)6-7-26(3)18(13)27;9-7-6-8-4-2-1-3-5-8/h4-5,8-10H,6-7H2,1-3H3,(H3,20,21,22,23);1-5,9H,6-7H2. The molecule has 0 fully saturated rings. The number of aliphatic hydroxyl groups is 1. The van der Waals surface area contributed by atoms with E-state index < -0.39 is 0 Å². The molecular weight excluding hydrogens is 470 g/mol. The third-order valence-electron chi connectivity index (χ3n) is 5.88. The summed E-state index contributed by atoms with van der Waals surface area (Å²) < 4.78 is 5.61. The number of nitrogen functional groups attached to an aromatic ring is 1. The van der Waals surface area contributed by atoms with Gasteiger partial charge in [-0.25, -0.2) is 4.98 Å². The molecule has 0 unspecified atom stereocenters. The first-order valence-electron chi connectivity index (χ1n) is 12.1. The lowest BCUT2D eigenvalue weighted by Gasteiger charge is -2.25. The van der Waals surface area contributed by atoms with E-state index in [4.69, 9.17) is 15.3 Å². The van der Waals surface area contributed by atoms with E-state index in [2.05, 4.69) is 25.5 Å².